The molecular formula is C26H27N5O3S. The van der Waals surface area contributed by atoms with Gasteiger partial charge in [0.2, 0.25) is 10.0 Å². The summed E-state index contributed by atoms with van der Waals surface area (Å²) in [5, 5.41) is 12.8. The smallest absolute Gasteiger partial charge is 0.238 e. The molecule has 5 rings (SSSR count). The second-order valence-corrected chi connectivity index (χ2v) is 10.2. The topological polar surface area (TPSA) is 114 Å². The van der Waals surface area contributed by atoms with Gasteiger partial charge < -0.3 is 9.64 Å². The number of hydrogen-bond acceptors (Lipinski definition) is 6. The summed E-state index contributed by atoms with van der Waals surface area (Å²) in [5.41, 5.74) is 7.49. The number of nitrogens with two attached hydrogens (primary N) is 1. The Morgan fingerprint density at radius 2 is 1.60 bits per heavy atom. The Morgan fingerprint density at radius 1 is 0.914 bits per heavy atom. The lowest BCUT2D eigenvalue weighted by atomic mass is 9.95. The Balaban J connectivity index is 1.46. The van der Waals surface area contributed by atoms with Crippen molar-refractivity contribution in [2.45, 2.75) is 18.7 Å². The highest BCUT2D eigenvalue weighted by molar-refractivity contribution is 7.89. The number of sulfonamides is 1. The van der Waals surface area contributed by atoms with Gasteiger partial charge in [0.15, 0.2) is 0 Å². The maximum absolute atomic E-state index is 11.8. The van der Waals surface area contributed by atoms with Crippen LogP contribution in [0.1, 0.15) is 11.1 Å². The lowest BCUT2D eigenvalue weighted by molar-refractivity contribution is 0.122. The predicted molar refractivity (Wildman–Crippen MR) is 137 cm³/mol. The quantitative estimate of drug-likeness (QED) is 0.439. The number of rotatable bonds is 5. The minimum Gasteiger partial charge on any atom is -0.378 e. The predicted octanol–water partition coefficient (Wildman–Crippen LogP) is 3.91. The van der Waals surface area contributed by atoms with Gasteiger partial charge in [0.1, 0.15) is 5.82 Å². The van der Waals surface area contributed by atoms with E-state index in [0.29, 0.717) is 18.8 Å². The van der Waals surface area contributed by atoms with Gasteiger partial charge in [-0.3, -0.25) is 5.10 Å². The Hall–Kier alpha value is -3.53. The third-order valence-corrected chi connectivity index (χ3v) is 7.61. The molecule has 0 unspecified atom stereocenters. The first-order valence-corrected chi connectivity index (χ1v) is 12.9. The monoisotopic (exact) mass is 489 g/mol. The van der Waals surface area contributed by atoms with Crippen LogP contribution in [0.5, 0.6) is 0 Å². The van der Waals surface area contributed by atoms with E-state index in [9.17, 15) is 8.42 Å². The van der Waals surface area contributed by atoms with E-state index in [1.807, 2.05) is 43.6 Å². The molecule has 2 aromatic carbocycles. The molecule has 0 amide bonds. The van der Waals surface area contributed by atoms with Gasteiger partial charge >= 0.3 is 0 Å². The molecule has 0 atom stereocenters. The zero-order valence-electron chi connectivity index (χ0n) is 19.7. The van der Waals surface area contributed by atoms with Crippen molar-refractivity contribution in [2.75, 3.05) is 31.2 Å². The van der Waals surface area contributed by atoms with Crippen molar-refractivity contribution in [1.29, 1.82) is 0 Å². The number of aromatic amines is 1. The maximum Gasteiger partial charge on any atom is 0.238 e. The van der Waals surface area contributed by atoms with Gasteiger partial charge in [-0.1, -0.05) is 30.3 Å². The molecule has 0 bridgehead atoms. The first kappa shape index (κ1) is 23.2. The molecule has 0 saturated carbocycles. The number of H-pyrrole nitrogens is 1. The number of benzene rings is 2. The Morgan fingerprint density at radius 3 is 2.29 bits per heavy atom. The van der Waals surface area contributed by atoms with Crippen LogP contribution in [-0.4, -0.2) is 49.9 Å². The average Bonchev–Trinajstić information content (AvgIpc) is 3.36. The fraction of sp³-hybridized carbons (Fsp3) is 0.231. The van der Waals surface area contributed by atoms with E-state index in [1.165, 1.54) is 0 Å². The molecule has 1 fully saturated rings. The molecular weight excluding hydrogens is 462 g/mol. The van der Waals surface area contributed by atoms with E-state index in [0.717, 1.165) is 58.0 Å². The van der Waals surface area contributed by atoms with Crippen LogP contribution in [0.2, 0.25) is 0 Å². The van der Waals surface area contributed by atoms with Crippen LogP contribution in [0.3, 0.4) is 0 Å². The van der Waals surface area contributed by atoms with Crippen LogP contribution in [-0.2, 0) is 14.8 Å². The molecule has 35 heavy (non-hydrogen) atoms. The van der Waals surface area contributed by atoms with Gasteiger partial charge in [-0.05, 0) is 59.9 Å². The van der Waals surface area contributed by atoms with Gasteiger partial charge in [-0.2, -0.15) is 5.10 Å². The zero-order valence-corrected chi connectivity index (χ0v) is 20.5. The summed E-state index contributed by atoms with van der Waals surface area (Å²) in [5.74, 6) is 0.926. The molecule has 3 N–H and O–H groups in total. The fourth-order valence-corrected chi connectivity index (χ4v) is 5.35. The summed E-state index contributed by atoms with van der Waals surface area (Å²) in [7, 11) is -3.76. The number of morpholine rings is 1. The maximum atomic E-state index is 11.8. The minimum absolute atomic E-state index is 0.159. The summed E-state index contributed by atoms with van der Waals surface area (Å²) in [6, 6.07) is 15.6. The second kappa shape index (κ2) is 9.26. The third-order valence-electron chi connectivity index (χ3n) is 6.56. The second-order valence-electron chi connectivity index (χ2n) is 8.64. The standard InChI is InChI=1S/C26H27N5O3S/c1-17-18(2)24(35(27,32)33)8-7-22(17)19-3-5-20(6-4-19)23-16-29-30-26(23)21-9-10-28-25(15-21)31-11-13-34-14-12-31/h3-10,15-16H,11-14H2,1-2H3,(H,29,30)(H2,27,32,33). The molecule has 8 nitrogen and oxygen atoms in total. The number of ether oxygens (including phenoxy) is 1. The SMILES string of the molecule is Cc1c(-c2ccc(-c3cn[nH]c3-c3ccnc(N4CCOCC4)c3)cc2)ccc(S(N)(=O)=O)c1C. The zero-order chi connectivity index (χ0) is 24.6. The Kier molecular flexibility index (Phi) is 6.14. The van der Waals surface area contributed by atoms with E-state index in [-0.39, 0.29) is 4.90 Å². The van der Waals surface area contributed by atoms with Gasteiger partial charge in [0.05, 0.1) is 30.0 Å². The van der Waals surface area contributed by atoms with E-state index < -0.39 is 10.0 Å². The molecule has 0 aliphatic carbocycles. The molecule has 4 aromatic rings. The van der Waals surface area contributed by atoms with E-state index in [2.05, 4.69) is 38.3 Å². The van der Waals surface area contributed by atoms with Crippen molar-refractivity contribution < 1.29 is 13.2 Å². The number of anilines is 1. The van der Waals surface area contributed by atoms with Crippen LogP contribution in [0.25, 0.3) is 33.5 Å². The van der Waals surface area contributed by atoms with Crippen molar-refractivity contribution in [3.05, 3.63) is 72.1 Å². The molecule has 0 spiro atoms. The number of nitrogens with zero attached hydrogens (tertiary/aromatic N) is 3. The van der Waals surface area contributed by atoms with Crippen LogP contribution < -0.4 is 10.0 Å². The summed E-state index contributed by atoms with van der Waals surface area (Å²) >= 11 is 0. The molecule has 1 aliphatic rings. The summed E-state index contributed by atoms with van der Waals surface area (Å²) < 4.78 is 29.2. The third kappa shape index (κ3) is 4.58. The highest BCUT2D eigenvalue weighted by Gasteiger charge is 2.17. The van der Waals surface area contributed by atoms with Crippen molar-refractivity contribution in [3.63, 3.8) is 0 Å². The van der Waals surface area contributed by atoms with Gasteiger partial charge in [-0.15, -0.1) is 0 Å². The number of aromatic nitrogens is 3. The van der Waals surface area contributed by atoms with Gasteiger partial charge in [-0.25, -0.2) is 18.5 Å². The summed E-state index contributed by atoms with van der Waals surface area (Å²) in [4.78, 5) is 6.93. The van der Waals surface area contributed by atoms with Crippen LogP contribution >= 0.6 is 0 Å². The van der Waals surface area contributed by atoms with Crippen molar-refractivity contribution >= 4 is 15.8 Å². The van der Waals surface area contributed by atoms with E-state index in [4.69, 9.17) is 9.88 Å². The van der Waals surface area contributed by atoms with Crippen LogP contribution in [0.15, 0.2) is 65.8 Å². The fourth-order valence-electron chi connectivity index (χ4n) is 4.51. The minimum atomic E-state index is -3.76. The number of nitrogens with one attached hydrogen (secondary N) is 1. The highest BCUT2D eigenvalue weighted by atomic mass is 32.2. The Bertz CT molecular complexity index is 1470. The molecule has 1 saturated heterocycles. The number of primary sulfonamides is 1. The normalized spacial score (nSPS) is 14.3. The van der Waals surface area contributed by atoms with E-state index in [1.54, 1.807) is 13.0 Å². The molecule has 2 aromatic heterocycles. The van der Waals surface area contributed by atoms with Crippen LogP contribution in [0, 0.1) is 13.8 Å². The highest BCUT2D eigenvalue weighted by Crippen LogP contribution is 2.34. The molecule has 3 heterocycles. The largest absolute Gasteiger partial charge is 0.378 e. The average molecular weight is 490 g/mol. The van der Waals surface area contributed by atoms with Crippen molar-refractivity contribution in [3.8, 4) is 33.5 Å². The molecule has 9 heteroatoms. The number of hydrogen-bond donors (Lipinski definition) is 2. The first-order chi connectivity index (χ1) is 16.8. The first-order valence-electron chi connectivity index (χ1n) is 11.4. The van der Waals surface area contributed by atoms with E-state index >= 15 is 0 Å². The van der Waals surface area contributed by atoms with Crippen molar-refractivity contribution in [1.82, 2.24) is 15.2 Å². The van der Waals surface area contributed by atoms with Crippen molar-refractivity contribution in [2.24, 2.45) is 5.14 Å². The lowest BCUT2D eigenvalue weighted by Crippen LogP contribution is -2.36. The molecule has 0 radical (unpaired) electrons. The van der Waals surface area contributed by atoms with Crippen LogP contribution in [0.4, 0.5) is 5.82 Å². The summed E-state index contributed by atoms with van der Waals surface area (Å²) in [6.45, 7) is 6.76. The van der Waals surface area contributed by atoms with Gasteiger partial charge in [0, 0.05) is 30.4 Å². The molecule has 180 valence electrons. The number of pyridine rings is 1. The molecule has 1 aliphatic heterocycles. The summed E-state index contributed by atoms with van der Waals surface area (Å²) in [6.07, 6.45) is 3.65. The van der Waals surface area contributed by atoms with Gasteiger partial charge in [0.25, 0.3) is 0 Å². The Labute approximate surface area is 204 Å². The lowest BCUT2D eigenvalue weighted by Gasteiger charge is -2.28.